The molecule has 1 atom stereocenters. The lowest BCUT2D eigenvalue weighted by Crippen LogP contribution is -2.40. The average molecular weight is 282 g/mol. The number of nitrogens with zero attached hydrogens (tertiary/aromatic N) is 1. The van der Waals surface area contributed by atoms with Crippen molar-refractivity contribution in [3.8, 4) is 5.75 Å². The summed E-state index contributed by atoms with van der Waals surface area (Å²) in [6.07, 6.45) is 3.00. The third kappa shape index (κ3) is 5.03. The van der Waals surface area contributed by atoms with Crippen molar-refractivity contribution >= 4 is 23.4 Å². The molecule has 19 heavy (non-hydrogen) atoms. The molecule has 4 nitrogen and oxygen atoms in total. The summed E-state index contributed by atoms with van der Waals surface area (Å²) in [5.41, 5.74) is 6.27. The number of carbonyl (C=O) groups is 1. The molecule has 1 amide bonds. The summed E-state index contributed by atoms with van der Waals surface area (Å²) >= 11 is 1.75. The first-order chi connectivity index (χ1) is 9.08. The van der Waals surface area contributed by atoms with Crippen LogP contribution < -0.4 is 10.5 Å². The Morgan fingerprint density at radius 2 is 2.05 bits per heavy atom. The van der Waals surface area contributed by atoms with E-state index in [0.29, 0.717) is 11.4 Å². The average Bonchev–Trinajstić information content (AvgIpc) is 2.43. The summed E-state index contributed by atoms with van der Waals surface area (Å²) < 4.78 is 5.46. The van der Waals surface area contributed by atoms with E-state index in [1.165, 1.54) is 0 Å². The first-order valence-electron chi connectivity index (χ1n) is 6.31. The Morgan fingerprint density at radius 3 is 2.58 bits per heavy atom. The molecule has 1 rings (SSSR count). The molecule has 0 aliphatic heterocycles. The highest BCUT2D eigenvalue weighted by Gasteiger charge is 2.18. The number of likely N-dealkylation sites (N-methyl/N-ethyl adjacent to an activating group) is 1. The first kappa shape index (κ1) is 15.7. The van der Waals surface area contributed by atoms with Crippen LogP contribution in [0.3, 0.4) is 0 Å². The molecule has 0 heterocycles. The Hall–Kier alpha value is -1.36. The lowest BCUT2D eigenvalue weighted by atomic mass is 10.2. The number of carbonyl (C=O) groups excluding carboxylic acids is 1. The highest BCUT2D eigenvalue weighted by Crippen LogP contribution is 2.14. The van der Waals surface area contributed by atoms with Crippen molar-refractivity contribution in [3.05, 3.63) is 24.3 Å². The zero-order chi connectivity index (χ0) is 14.3. The van der Waals surface area contributed by atoms with Crippen LogP contribution in [0.4, 0.5) is 5.69 Å². The smallest absolute Gasteiger partial charge is 0.260 e. The van der Waals surface area contributed by atoms with Gasteiger partial charge in [-0.05, 0) is 36.9 Å². The minimum Gasteiger partial charge on any atom is -0.484 e. The van der Waals surface area contributed by atoms with Crippen LogP contribution in [0.1, 0.15) is 13.3 Å². The molecular weight excluding hydrogens is 260 g/mol. The van der Waals surface area contributed by atoms with Crippen molar-refractivity contribution in [2.45, 2.75) is 19.4 Å². The normalized spacial score (nSPS) is 11.9. The van der Waals surface area contributed by atoms with Gasteiger partial charge in [-0.25, -0.2) is 0 Å². The van der Waals surface area contributed by atoms with Crippen LogP contribution in [-0.4, -0.2) is 42.5 Å². The minimum absolute atomic E-state index is 0.00211. The van der Waals surface area contributed by atoms with Crippen molar-refractivity contribution < 1.29 is 9.53 Å². The molecule has 106 valence electrons. The van der Waals surface area contributed by atoms with Crippen LogP contribution in [-0.2, 0) is 4.79 Å². The van der Waals surface area contributed by atoms with Gasteiger partial charge in [0.25, 0.3) is 5.91 Å². The predicted octanol–water partition coefficient (Wildman–Crippen LogP) is 2.25. The van der Waals surface area contributed by atoms with Gasteiger partial charge in [0.15, 0.2) is 6.61 Å². The monoisotopic (exact) mass is 282 g/mol. The van der Waals surface area contributed by atoms with Crippen molar-refractivity contribution in [2.24, 2.45) is 0 Å². The Kier molecular flexibility index (Phi) is 6.56. The summed E-state index contributed by atoms with van der Waals surface area (Å²) in [5.74, 6) is 1.60. The second-order valence-corrected chi connectivity index (χ2v) is 5.29. The number of rotatable bonds is 7. The number of anilines is 1. The number of hydrogen-bond donors (Lipinski definition) is 1. The van der Waals surface area contributed by atoms with Crippen LogP contribution in [0.25, 0.3) is 0 Å². The van der Waals surface area contributed by atoms with E-state index in [0.717, 1.165) is 12.2 Å². The van der Waals surface area contributed by atoms with Crippen LogP contribution in [0.5, 0.6) is 5.75 Å². The highest BCUT2D eigenvalue weighted by molar-refractivity contribution is 7.98. The van der Waals surface area contributed by atoms with E-state index < -0.39 is 0 Å². The summed E-state index contributed by atoms with van der Waals surface area (Å²) in [5, 5.41) is 0. The van der Waals surface area contributed by atoms with E-state index in [1.54, 1.807) is 40.9 Å². The summed E-state index contributed by atoms with van der Waals surface area (Å²) in [4.78, 5) is 13.8. The molecule has 0 fully saturated rings. The maximum Gasteiger partial charge on any atom is 0.260 e. The quantitative estimate of drug-likeness (QED) is 0.779. The number of nitrogen functional groups attached to an aromatic ring is 1. The van der Waals surface area contributed by atoms with Crippen molar-refractivity contribution in [1.82, 2.24) is 4.90 Å². The molecule has 1 unspecified atom stereocenters. The van der Waals surface area contributed by atoms with Crippen molar-refractivity contribution in [3.63, 3.8) is 0 Å². The predicted molar refractivity (Wildman–Crippen MR) is 81.6 cm³/mol. The molecule has 0 spiro atoms. The van der Waals surface area contributed by atoms with Gasteiger partial charge in [-0.2, -0.15) is 11.8 Å². The fourth-order valence-corrected chi connectivity index (χ4v) is 2.55. The third-order valence-electron chi connectivity index (χ3n) is 3.01. The van der Waals surface area contributed by atoms with Crippen molar-refractivity contribution in [1.29, 1.82) is 0 Å². The molecule has 0 bridgehead atoms. The second kappa shape index (κ2) is 7.94. The van der Waals surface area contributed by atoms with Gasteiger partial charge in [-0.1, -0.05) is 6.92 Å². The molecule has 1 aromatic carbocycles. The van der Waals surface area contributed by atoms with Gasteiger partial charge in [0, 0.05) is 24.5 Å². The molecule has 0 saturated heterocycles. The number of hydrogen-bond acceptors (Lipinski definition) is 4. The molecular formula is C14H22N2O2S. The lowest BCUT2D eigenvalue weighted by Gasteiger charge is -2.26. The second-order valence-electron chi connectivity index (χ2n) is 4.38. The molecule has 1 aromatic rings. The zero-order valence-electron chi connectivity index (χ0n) is 11.8. The van der Waals surface area contributed by atoms with Gasteiger partial charge in [-0.15, -0.1) is 0 Å². The van der Waals surface area contributed by atoms with E-state index in [9.17, 15) is 4.79 Å². The molecule has 2 N–H and O–H groups in total. The number of thioether (sulfide) groups is 1. The third-order valence-corrected chi connectivity index (χ3v) is 3.73. The van der Waals surface area contributed by atoms with E-state index >= 15 is 0 Å². The molecule has 0 aromatic heterocycles. The van der Waals surface area contributed by atoms with Crippen molar-refractivity contribution in [2.75, 3.05) is 31.4 Å². The largest absolute Gasteiger partial charge is 0.484 e. The topological polar surface area (TPSA) is 55.6 Å². The molecule has 0 radical (unpaired) electrons. The SMILES string of the molecule is CCC(CSC)N(C)C(=O)COc1ccc(N)cc1. The standard InChI is InChI=1S/C14H22N2O2S/c1-4-12(10-19-3)16(2)14(17)9-18-13-7-5-11(15)6-8-13/h5-8,12H,4,9-10,15H2,1-3H3. The Labute approximate surface area is 119 Å². The van der Waals surface area contributed by atoms with Crippen LogP contribution >= 0.6 is 11.8 Å². The van der Waals surface area contributed by atoms with Gasteiger partial charge in [0.05, 0.1) is 0 Å². The molecule has 0 saturated carbocycles. The lowest BCUT2D eigenvalue weighted by molar-refractivity contribution is -0.133. The van der Waals surface area contributed by atoms with Crippen LogP contribution in [0, 0.1) is 0 Å². The van der Waals surface area contributed by atoms with Gasteiger partial charge in [0.1, 0.15) is 5.75 Å². The summed E-state index contributed by atoms with van der Waals surface area (Å²) in [6, 6.07) is 7.31. The maximum atomic E-state index is 12.0. The van der Waals surface area contributed by atoms with Gasteiger partial charge in [-0.3, -0.25) is 4.79 Å². The van der Waals surface area contributed by atoms with Gasteiger partial charge >= 0.3 is 0 Å². The highest BCUT2D eigenvalue weighted by atomic mass is 32.2. The molecule has 5 heteroatoms. The summed E-state index contributed by atoms with van der Waals surface area (Å²) in [7, 11) is 1.83. The Balaban J connectivity index is 2.47. The fraction of sp³-hybridized carbons (Fsp3) is 0.500. The van der Waals surface area contributed by atoms with Crippen LogP contribution in [0.2, 0.25) is 0 Å². The number of amides is 1. The maximum absolute atomic E-state index is 12.0. The van der Waals surface area contributed by atoms with E-state index in [2.05, 4.69) is 6.92 Å². The van der Waals surface area contributed by atoms with E-state index in [-0.39, 0.29) is 18.6 Å². The summed E-state index contributed by atoms with van der Waals surface area (Å²) in [6.45, 7) is 2.15. The Bertz CT molecular complexity index is 395. The minimum atomic E-state index is -0.00211. The Morgan fingerprint density at radius 1 is 1.42 bits per heavy atom. The number of benzene rings is 1. The zero-order valence-corrected chi connectivity index (χ0v) is 12.6. The number of ether oxygens (including phenoxy) is 1. The van der Waals surface area contributed by atoms with Gasteiger partial charge < -0.3 is 15.4 Å². The van der Waals surface area contributed by atoms with Gasteiger partial charge in [0.2, 0.25) is 0 Å². The fourth-order valence-electron chi connectivity index (χ4n) is 1.71. The van der Waals surface area contributed by atoms with E-state index in [1.807, 2.05) is 13.3 Å². The number of nitrogens with two attached hydrogens (primary N) is 1. The van der Waals surface area contributed by atoms with E-state index in [4.69, 9.17) is 10.5 Å². The van der Waals surface area contributed by atoms with Crippen LogP contribution in [0.15, 0.2) is 24.3 Å². The first-order valence-corrected chi connectivity index (χ1v) is 7.70. The molecule has 0 aliphatic carbocycles. The molecule has 0 aliphatic rings.